The fourth-order valence-electron chi connectivity index (χ4n) is 1.54. The van der Waals surface area contributed by atoms with E-state index >= 15 is 0 Å². The first-order valence-electron chi connectivity index (χ1n) is 5.50. The molecule has 0 saturated heterocycles. The lowest BCUT2D eigenvalue weighted by Crippen LogP contribution is -2.24. The van der Waals surface area contributed by atoms with Gasteiger partial charge in [-0.3, -0.25) is 4.79 Å². The molecule has 1 aromatic carbocycles. The van der Waals surface area contributed by atoms with Gasteiger partial charge in [-0.1, -0.05) is 17.7 Å². The van der Waals surface area contributed by atoms with Crippen molar-refractivity contribution in [1.29, 1.82) is 0 Å². The van der Waals surface area contributed by atoms with Crippen LogP contribution in [0.1, 0.15) is 15.9 Å². The lowest BCUT2D eigenvalue weighted by molar-refractivity contribution is 0.0951. The molecule has 19 heavy (non-hydrogen) atoms. The zero-order chi connectivity index (χ0) is 13.8. The summed E-state index contributed by atoms with van der Waals surface area (Å²) in [4.78, 5) is 15.7. The van der Waals surface area contributed by atoms with E-state index in [2.05, 4.69) is 10.3 Å². The molecular formula is C13H11ClFN3O. The predicted octanol–water partition coefficient (Wildman–Crippen LogP) is 2.39. The van der Waals surface area contributed by atoms with Gasteiger partial charge in [0.05, 0.1) is 10.6 Å². The molecule has 0 atom stereocenters. The van der Waals surface area contributed by atoms with Crippen LogP contribution < -0.4 is 11.1 Å². The Bertz CT molecular complexity index is 619. The summed E-state index contributed by atoms with van der Waals surface area (Å²) in [5.74, 6) is -0.670. The Morgan fingerprint density at radius 1 is 1.42 bits per heavy atom. The van der Waals surface area contributed by atoms with Gasteiger partial charge >= 0.3 is 0 Å². The number of pyridine rings is 1. The summed E-state index contributed by atoms with van der Waals surface area (Å²) in [5, 5.41) is 2.68. The number of aromatic nitrogens is 1. The van der Waals surface area contributed by atoms with Crippen LogP contribution >= 0.6 is 11.6 Å². The van der Waals surface area contributed by atoms with Gasteiger partial charge in [-0.05, 0) is 29.8 Å². The van der Waals surface area contributed by atoms with Gasteiger partial charge in [0.2, 0.25) is 0 Å². The van der Waals surface area contributed by atoms with E-state index in [0.717, 1.165) is 0 Å². The third kappa shape index (κ3) is 3.20. The molecule has 0 bridgehead atoms. The van der Waals surface area contributed by atoms with Crippen molar-refractivity contribution in [2.45, 2.75) is 6.54 Å². The van der Waals surface area contributed by atoms with Crippen LogP contribution in [0.2, 0.25) is 5.02 Å². The molecule has 98 valence electrons. The molecule has 0 aliphatic carbocycles. The smallest absolute Gasteiger partial charge is 0.255 e. The van der Waals surface area contributed by atoms with Crippen molar-refractivity contribution < 1.29 is 9.18 Å². The molecule has 0 unspecified atom stereocenters. The van der Waals surface area contributed by atoms with Gasteiger partial charge < -0.3 is 11.1 Å². The fraction of sp³-hybridized carbons (Fsp3) is 0.0769. The summed E-state index contributed by atoms with van der Waals surface area (Å²) in [6, 6.07) is 7.47. The van der Waals surface area contributed by atoms with Crippen LogP contribution in [0.5, 0.6) is 0 Å². The number of rotatable bonds is 3. The van der Waals surface area contributed by atoms with Gasteiger partial charge in [-0.15, -0.1) is 0 Å². The number of benzene rings is 1. The van der Waals surface area contributed by atoms with Crippen molar-refractivity contribution in [3.8, 4) is 0 Å². The topological polar surface area (TPSA) is 68.0 Å². The molecule has 2 rings (SSSR count). The lowest BCUT2D eigenvalue weighted by atomic mass is 10.2. The van der Waals surface area contributed by atoms with E-state index in [9.17, 15) is 9.18 Å². The van der Waals surface area contributed by atoms with Crippen molar-refractivity contribution in [2.75, 3.05) is 5.73 Å². The number of hydrogen-bond acceptors (Lipinski definition) is 3. The van der Waals surface area contributed by atoms with E-state index in [0.29, 0.717) is 11.1 Å². The second kappa shape index (κ2) is 5.67. The van der Waals surface area contributed by atoms with Gasteiger partial charge in [-0.25, -0.2) is 9.37 Å². The van der Waals surface area contributed by atoms with Crippen molar-refractivity contribution >= 4 is 23.3 Å². The normalized spacial score (nSPS) is 10.2. The summed E-state index contributed by atoms with van der Waals surface area (Å²) >= 11 is 5.65. The van der Waals surface area contributed by atoms with Crippen LogP contribution in [-0.2, 0) is 6.54 Å². The highest BCUT2D eigenvalue weighted by molar-refractivity contribution is 6.30. The summed E-state index contributed by atoms with van der Waals surface area (Å²) in [6.07, 6.45) is 1.51. The molecule has 1 heterocycles. The Hall–Kier alpha value is -2.14. The zero-order valence-electron chi connectivity index (χ0n) is 9.86. The monoisotopic (exact) mass is 279 g/mol. The molecule has 0 fully saturated rings. The number of nitrogens with one attached hydrogen (secondary N) is 1. The molecule has 1 aromatic heterocycles. The molecule has 2 aromatic rings. The average Bonchev–Trinajstić information content (AvgIpc) is 2.40. The summed E-state index contributed by atoms with van der Waals surface area (Å²) < 4.78 is 13.0. The number of nitrogens with two attached hydrogens (primary N) is 1. The minimum Gasteiger partial charge on any atom is -0.383 e. The second-order valence-electron chi connectivity index (χ2n) is 3.87. The summed E-state index contributed by atoms with van der Waals surface area (Å²) in [7, 11) is 0. The minimum absolute atomic E-state index is 0.0210. The first-order chi connectivity index (χ1) is 9.08. The SMILES string of the molecule is Nc1ncccc1C(=O)NCc1ccc(F)c(Cl)c1. The van der Waals surface area contributed by atoms with E-state index in [-0.39, 0.29) is 23.3 Å². The molecule has 6 heteroatoms. The van der Waals surface area contributed by atoms with E-state index in [1.54, 1.807) is 18.2 Å². The van der Waals surface area contributed by atoms with Gasteiger partial charge in [0, 0.05) is 12.7 Å². The molecule has 3 N–H and O–H groups in total. The van der Waals surface area contributed by atoms with Crippen molar-refractivity contribution in [1.82, 2.24) is 10.3 Å². The van der Waals surface area contributed by atoms with Crippen LogP contribution in [0.4, 0.5) is 10.2 Å². The Morgan fingerprint density at radius 2 is 2.21 bits per heavy atom. The number of carbonyl (C=O) groups excluding carboxylic acids is 1. The number of carbonyl (C=O) groups is 1. The summed E-state index contributed by atoms with van der Waals surface area (Å²) in [6.45, 7) is 0.229. The number of halogens is 2. The Balaban J connectivity index is 2.04. The average molecular weight is 280 g/mol. The standard InChI is InChI=1S/C13H11ClFN3O/c14-10-6-8(3-4-11(10)15)7-18-13(19)9-2-1-5-17-12(9)16/h1-6H,7H2,(H2,16,17)(H,18,19). The van der Waals surface area contributed by atoms with Crippen LogP contribution in [0.15, 0.2) is 36.5 Å². The zero-order valence-corrected chi connectivity index (χ0v) is 10.6. The van der Waals surface area contributed by atoms with E-state index in [4.69, 9.17) is 17.3 Å². The maximum atomic E-state index is 13.0. The first kappa shape index (κ1) is 13.3. The molecule has 0 saturated carbocycles. The maximum absolute atomic E-state index is 13.0. The third-order valence-electron chi connectivity index (χ3n) is 2.52. The Kier molecular flexibility index (Phi) is 3.97. The van der Waals surface area contributed by atoms with Gasteiger partial charge in [0.25, 0.3) is 5.91 Å². The molecule has 0 aliphatic rings. The van der Waals surface area contributed by atoms with E-state index in [1.165, 1.54) is 18.3 Å². The van der Waals surface area contributed by atoms with Crippen LogP contribution in [0, 0.1) is 5.82 Å². The van der Waals surface area contributed by atoms with Gasteiger partial charge in [0.15, 0.2) is 0 Å². The quantitative estimate of drug-likeness (QED) is 0.906. The van der Waals surface area contributed by atoms with Gasteiger partial charge in [0.1, 0.15) is 11.6 Å². The Labute approximate surface area is 114 Å². The largest absolute Gasteiger partial charge is 0.383 e. The maximum Gasteiger partial charge on any atom is 0.255 e. The molecule has 0 spiro atoms. The first-order valence-corrected chi connectivity index (χ1v) is 5.88. The number of anilines is 1. The van der Waals surface area contributed by atoms with Crippen LogP contribution in [0.25, 0.3) is 0 Å². The summed E-state index contributed by atoms with van der Waals surface area (Å²) in [5.41, 5.74) is 6.59. The second-order valence-corrected chi connectivity index (χ2v) is 4.27. The van der Waals surface area contributed by atoms with Crippen LogP contribution in [0.3, 0.4) is 0 Å². The van der Waals surface area contributed by atoms with Crippen molar-refractivity contribution in [2.24, 2.45) is 0 Å². The number of amides is 1. The Morgan fingerprint density at radius 3 is 2.89 bits per heavy atom. The molecule has 1 amide bonds. The third-order valence-corrected chi connectivity index (χ3v) is 2.81. The highest BCUT2D eigenvalue weighted by atomic mass is 35.5. The van der Waals surface area contributed by atoms with Crippen molar-refractivity contribution in [3.05, 3.63) is 58.5 Å². The van der Waals surface area contributed by atoms with Gasteiger partial charge in [-0.2, -0.15) is 0 Å². The lowest BCUT2D eigenvalue weighted by Gasteiger charge is -2.07. The highest BCUT2D eigenvalue weighted by Gasteiger charge is 2.09. The minimum atomic E-state index is -0.492. The molecule has 0 radical (unpaired) electrons. The van der Waals surface area contributed by atoms with E-state index in [1.807, 2.05) is 0 Å². The molecule has 0 aliphatic heterocycles. The number of hydrogen-bond donors (Lipinski definition) is 2. The van der Waals surface area contributed by atoms with E-state index < -0.39 is 5.82 Å². The molecular weight excluding hydrogens is 269 g/mol. The molecule has 4 nitrogen and oxygen atoms in total. The van der Waals surface area contributed by atoms with Crippen molar-refractivity contribution in [3.63, 3.8) is 0 Å². The number of nitrogens with zero attached hydrogens (tertiary/aromatic N) is 1. The highest BCUT2D eigenvalue weighted by Crippen LogP contribution is 2.16. The number of nitrogen functional groups attached to an aromatic ring is 1. The fourth-order valence-corrected chi connectivity index (χ4v) is 1.74. The van der Waals surface area contributed by atoms with Crippen LogP contribution in [-0.4, -0.2) is 10.9 Å². The predicted molar refractivity (Wildman–Crippen MR) is 71.2 cm³/mol.